The average molecular weight is 255 g/mol. The van der Waals surface area contributed by atoms with E-state index in [0.717, 1.165) is 24.0 Å². The van der Waals surface area contributed by atoms with Crippen molar-refractivity contribution >= 4 is 5.91 Å². The van der Waals surface area contributed by atoms with Gasteiger partial charge in [-0.15, -0.1) is 0 Å². The van der Waals surface area contributed by atoms with Crippen LogP contribution in [0.25, 0.3) is 11.1 Å². The molecule has 0 heterocycles. The van der Waals surface area contributed by atoms with Gasteiger partial charge in [0.15, 0.2) is 0 Å². The molecule has 0 aliphatic heterocycles. The maximum atomic E-state index is 13.6. The zero-order valence-corrected chi connectivity index (χ0v) is 10.4. The number of hydrogen-bond donors (Lipinski definition) is 1. The number of rotatable bonds is 3. The fourth-order valence-electron chi connectivity index (χ4n) is 2.01. The molecule has 1 amide bonds. The van der Waals surface area contributed by atoms with E-state index < -0.39 is 0 Å². The highest BCUT2D eigenvalue weighted by atomic mass is 19.1. The lowest BCUT2D eigenvalue weighted by atomic mass is 10.0. The molecule has 19 heavy (non-hydrogen) atoms. The molecule has 0 aromatic heterocycles. The lowest BCUT2D eigenvalue weighted by molar-refractivity contribution is 0.0950. The molecule has 1 N–H and O–H groups in total. The molecule has 3 rings (SSSR count). The molecule has 1 fully saturated rings. The second-order valence-electron chi connectivity index (χ2n) is 4.84. The van der Waals surface area contributed by atoms with Crippen molar-refractivity contribution in [1.82, 2.24) is 5.32 Å². The lowest BCUT2D eigenvalue weighted by Crippen LogP contribution is -2.25. The predicted octanol–water partition coefficient (Wildman–Crippen LogP) is 3.38. The van der Waals surface area contributed by atoms with E-state index in [2.05, 4.69) is 5.32 Å². The van der Waals surface area contributed by atoms with Crippen molar-refractivity contribution in [3.05, 3.63) is 59.9 Å². The highest BCUT2D eigenvalue weighted by Crippen LogP contribution is 2.23. The summed E-state index contributed by atoms with van der Waals surface area (Å²) >= 11 is 0. The molecule has 0 saturated heterocycles. The van der Waals surface area contributed by atoms with Crippen LogP contribution in [0.1, 0.15) is 23.2 Å². The molecule has 0 atom stereocenters. The van der Waals surface area contributed by atoms with Crippen LogP contribution in [0.5, 0.6) is 0 Å². The molecule has 0 unspecified atom stereocenters. The molecule has 0 radical (unpaired) electrons. The van der Waals surface area contributed by atoms with Crippen LogP contribution in [-0.4, -0.2) is 11.9 Å². The Kier molecular flexibility index (Phi) is 3.03. The smallest absolute Gasteiger partial charge is 0.251 e. The van der Waals surface area contributed by atoms with Gasteiger partial charge in [0.2, 0.25) is 0 Å². The van der Waals surface area contributed by atoms with Gasteiger partial charge in [0.05, 0.1) is 0 Å². The van der Waals surface area contributed by atoms with E-state index in [1.807, 2.05) is 30.3 Å². The minimum absolute atomic E-state index is 0.195. The Morgan fingerprint density at radius 3 is 2.47 bits per heavy atom. The van der Waals surface area contributed by atoms with Gasteiger partial charge in [0.25, 0.3) is 5.91 Å². The Labute approximate surface area is 111 Å². The van der Waals surface area contributed by atoms with Crippen LogP contribution in [-0.2, 0) is 0 Å². The Bertz CT molecular complexity index is 605. The van der Waals surface area contributed by atoms with Crippen LogP contribution in [0, 0.1) is 5.82 Å². The quantitative estimate of drug-likeness (QED) is 0.895. The molecule has 2 aromatic carbocycles. The van der Waals surface area contributed by atoms with E-state index in [1.54, 1.807) is 6.07 Å². The number of carbonyl (C=O) groups excluding carboxylic acids is 1. The van der Waals surface area contributed by atoms with Crippen molar-refractivity contribution in [2.24, 2.45) is 0 Å². The maximum Gasteiger partial charge on any atom is 0.251 e. The topological polar surface area (TPSA) is 29.1 Å². The highest BCUT2D eigenvalue weighted by molar-refractivity contribution is 5.95. The predicted molar refractivity (Wildman–Crippen MR) is 72.3 cm³/mol. The number of halogens is 1. The molecule has 2 aromatic rings. The Morgan fingerprint density at radius 1 is 1.05 bits per heavy atom. The van der Waals surface area contributed by atoms with Crippen LogP contribution in [0.15, 0.2) is 48.5 Å². The monoisotopic (exact) mass is 255 g/mol. The van der Waals surface area contributed by atoms with E-state index in [-0.39, 0.29) is 17.8 Å². The van der Waals surface area contributed by atoms with Crippen molar-refractivity contribution in [3.63, 3.8) is 0 Å². The first kappa shape index (κ1) is 11.9. The zero-order chi connectivity index (χ0) is 13.2. The number of hydrogen-bond acceptors (Lipinski definition) is 1. The molecule has 1 aliphatic rings. The standard InChI is InChI=1S/C16H14FNO/c17-14-9-12(11-4-2-1-3-5-11)8-13(10-14)16(19)18-15-6-7-15/h1-5,8-10,15H,6-7H2,(H,18,19). The van der Waals surface area contributed by atoms with Crippen molar-refractivity contribution in [2.45, 2.75) is 18.9 Å². The highest BCUT2D eigenvalue weighted by Gasteiger charge is 2.24. The largest absolute Gasteiger partial charge is 0.349 e. The summed E-state index contributed by atoms with van der Waals surface area (Å²) in [4.78, 5) is 12.0. The van der Waals surface area contributed by atoms with E-state index in [4.69, 9.17) is 0 Å². The van der Waals surface area contributed by atoms with Gasteiger partial charge >= 0.3 is 0 Å². The summed E-state index contributed by atoms with van der Waals surface area (Å²) in [6, 6.07) is 14.2. The van der Waals surface area contributed by atoms with Crippen LogP contribution < -0.4 is 5.32 Å². The van der Waals surface area contributed by atoms with Crippen molar-refractivity contribution in [1.29, 1.82) is 0 Å². The van der Waals surface area contributed by atoms with Gasteiger partial charge in [-0.05, 0) is 42.2 Å². The van der Waals surface area contributed by atoms with Crippen LogP contribution >= 0.6 is 0 Å². The van der Waals surface area contributed by atoms with Crippen molar-refractivity contribution < 1.29 is 9.18 Å². The van der Waals surface area contributed by atoms with Gasteiger partial charge in [-0.1, -0.05) is 30.3 Å². The summed E-state index contributed by atoms with van der Waals surface area (Å²) in [6.07, 6.45) is 2.04. The van der Waals surface area contributed by atoms with E-state index in [9.17, 15) is 9.18 Å². The summed E-state index contributed by atoms with van der Waals surface area (Å²) in [5, 5.41) is 2.87. The second kappa shape index (κ2) is 4.84. The first-order valence-corrected chi connectivity index (χ1v) is 6.39. The summed E-state index contributed by atoms with van der Waals surface area (Å²) in [6.45, 7) is 0. The first-order valence-electron chi connectivity index (χ1n) is 6.39. The Hall–Kier alpha value is -2.16. The van der Waals surface area contributed by atoms with Gasteiger partial charge in [-0.2, -0.15) is 0 Å². The number of carbonyl (C=O) groups is 1. The van der Waals surface area contributed by atoms with Gasteiger partial charge in [0.1, 0.15) is 5.82 Å². The number of benzene rings is 2. The van der Waals surface area contributed by atoms with Gasteiger partial charge in [-0.25, -0.2) is 4.39 Å². The number of amides is 1. The summed E-state index contributed by atoms with van der Waals surface area (Å²) < 4.78 is 13.6. The molecule has 0 bridgehead atoms. The zero-order valence-electron chi connectivity index (χ0n) is 10.4. The third-order valence-corrected chi connectivity index (χ3v) is 3.18. The van der Waals surface area contributed by atoms with Crippen LogP contribution in [0.2, 0.25) is 0 Å². The minimum atomic E-state index is -0.387. The minimum Gasteiger partial charge on any atom is -0.349 e. The number of nitrogens with one attached hydrogen (secondary N) is 1. The van der Waals surface area contributed by atoms with Gasteiger partial charge < -0.3 is 5.32 Å². The Balaban J connectivity index is 1.93. The van der Waals surface area contributed by atoms with Gasteiger partial charge in [0, 0.05) is 11.6 Å². The van der Waals surface area contributed by atoms with E-state index >= 15 is 0 Å². The van der Waals surface area contributed by atoms with Crippen molar-refractivity contribution in [2.75, 3.05) is 0 Å². The Morgan fingerprint density at radius 2 is 1.79 bits per heavy atom. The third-order valence-electron chi connectivity index (χ3n) is 3.18. The molecular weight excluding hydrogens is 241 g/mol. The van der Waals surface area contributed by atoms with Crippen LogP contribution in [0.4, 0.5) is 4.39 Å². The third kappa shape index (κ3) is 2.81. The second-order valence-corrected chi connectivity index (χ2v) is 4.84. The fourth-order valence-corrected chi connectivity index (χ4v) is 2.01. The van der Waals surface area contributed by atoms with E-state index in [0.29, 0.717) is 5.56 Å². The van der Waals surface area contributed by atoms with E-state index in [1.165, 1.54) is 12.1 Å². The molecule has 2 nitrogen and oxygen atoms in total. The van der Waals surface area contributed by atoms with Crippen molar-refractivity contribution in [3.8, 4) is 11.1 Å². The summed E-state index contributed by atoms with van der Waals surface area (Å²) in [7, 11) is 0. The maximum absolute atomic E-state index is 13.6. The average Bonchev–Trinajstić information content (AvgIpc) is 3.23. The van der Waals surface area contributed by atoms with Crippen LogP contribution in [0.3, 0.4) is 0 Å². The SMILES string of the molecule is O=C(NC1CC1)c1cc(F)cc(-c2ccccc2)c1. The van der Waals surface area contributed by atoms with Gasteiger partial charge in [-0.3, -0.25) is 4.79 Å². The molecule has 1 saturated carbocycles. The molecular formula is C16H14FNO. The summed E-state index contributed by atoms with van der Waals surface area (Å²) in [5.41, 5.74) is 2.01. The fraction of sp³-hybridized carbons (Fsp3) is 0.188. The summed E-state index contributed by atoms with van der Waals surface area (Å²) in [5.74, 6) is -0.582. The molecule has 0 spiro atoms. The normalized spacial score (nSPS) is 14.2. The molecule has 3 heteroatoms. The first-order chi connectivity index (χ1) is 9.22. The molecule has 96 valence electrons. The lowest BCUT2D eigenvalue weighted by Gasteiger charge is -2.07. The molecule has 1 aliphatic carbocycles.